The number of benzene rings is 2. The van der Waals surface area contributed by atoms with Crippen LogP contribution in [0.25, 0.3) is 0 Å². The van der Waals surface area contributed by atoms with E-state index in [4.69, 9.17) is 27.9 Å². The Morgan fingerprint density at radius 1 is 1.04 bits per heavy atom. The number of anilines is 3. The zero-order valence-corrected chi connectivity index (χ0v) is 15.3. The molecule has 5 nitrogen and oxygen atoms in total. The summed E-state index contributed by atoms with van der Waals surface area (Å²) in [6.07, 6.45) is 1.55. The smallest absolute Gasteiger partial charge is 0.255 e. The first-order valence-corrected chi connectivity index (χ1v) is 8.45. The van der Waals surface area contributed by atoms with Gasteiger partial charge in [-0.05, 0) is 42.5 Å². The van der Waals surface area contributed by atoms with E-state index < -0.39 is 0 Å². The maximum Gasteiger partial charge on any atom is 0.255 e. The zero-order valence-electron chi connectivity index (χ0n) is 13.8. The number of nitrogens with one attached hydrogen (secondary N) is 2. The lowest BCUT2D eigenvalue weighted by Gasteiger charge is -2.11. The number of hydrogen-bond donors (Lipinski definition) is 2. The molecular formula is C19H15Cl2N3O2. The minimum Gasteiger partial charge on any atom is -0.495 e. The standard InChI is InChI=1S/C19H15Cl2N3O2/c1-26-17-5-3-2-4-16(17)24-19(25)12-8-9-22-18(10-12)23-13-6-7-14(20)15(21)11-13/h2-11H,1H3,(H,22,23)(H,24,25). The molecule has 0 saturated carbocycles. The normalized spacial score (nSPS) is 10.3. The van der Waals surface area contributed by atoms with E-state index in [-0.39, 0.29) is 5.91 Å². The van der Waals surface area contributed by atoms with Crippen LogP contribution < -0.4 is 15.4 Å². The van der Waals surface area contributed by atoms with E-state index in [1.54, 1.807) is 55.8 Å². The third kappa shape index (κ3) is 4.25. The van der Waals surface area contributed by atoms with Crippen LogP contribution in [0.4, 0.5) is 17.2 Å². The van der Waals surface area contributed by atoms with Crippen LogP contribution in [0.3, 0.4) is 0 Å². The lowest BCUT2D eigenvalue weighted by molar-refractivity contribution is 0.102. The SMILES string of the molecule is COc1ccccc1NC(=O)c1ccnc(Nc2ccc(Cl)c(Cl)c2)c1. The van der Waals surface area contributed by atoms with E-state index >= 15 is 0 Å². The van der Waals surface area contributed by atoms with Crippen molar-refractivity contribution in [2.24, 2.45) is 0 Å². The molecule has 2 N–H and O–H groups in total. The van der Waals surface area contributed by atoms with E-state index in [9.17, 15) is 4.79 Å². The van der Waals surface area contributed by atoms with Crippen molar-refractivity contribution < 1.29 is 9.53 Å². The first kappa shape index (κ1) is 18.0. The van der Waals surface area contributed by atoms with Gasteiger partial charge in [-0.25, -0.2) is 4.98 Å². The molecule has 0 bridgehead atoms. The average Bonchev–Trinajstić information content (AvgIpc) is 2.65. The molecule has 0 radical (unpaired) electrons. The molecule has 0 atom stereocenters. The number of nitrogens with zero attached hydrogens (tertiary/aromatic N) is 1. The summed E-state index contributed by atoms with van der Waals surface area (Å²) in [5.41, 5.74) is 1.76. The van der Waals surface area contributed by atoms with Gasteiger partial charge < -0.3 is 15.4 Å². The molecule has 0 unspecified atom stereocenters. The Hall–Kier alpha value is -2.76. The third-order valence-electron chi connectivity index (χ3n) is 3.57. The van der Waals surface area contributed by atoms with Crippen LogP contribution in [0, 0.1) is 0 Å². The van der Waals surface area contributed by atoms with Gasteiger partial charge in [0.25, 0.3) is 5.91 Å². The highest BCUT2D eigenvalue weighted by molar-refractivity contribution is 6.42. The average molecular weight is 388 g/mol. The molecule has 3 aromatic rings. The highest BCUT2D eigenvalue weighted by Gasteiger charge is 2.10. The van der Waals surface area contributed by atoms with Crippen LogP contribution in [0.15, 0.2) is 60.8 Å². The molecule has 2 aromatic carbocycles. The van der Waals surface area contributed by atoms with E-state index in [0.717, 1.165) is 0 Å². The number of pyridine rings is 1. The van der Waals surface area contributed by atoms with Crippen molar-refractivity contribution in [2.45, 2.75) is 0 Å². The van der Waals surface area contributed by atoms with Crippen LogP contribution in [0.2, 0.25) is 10.0 Å². The van der Waals surface area contributed by atoms with Crippen LogP contribution in [0.1, 0.15) is 10.4 Å². The summed E-state index contributed by atoms with van der Waals surface area (Å²) in [5, 5.41) is 6.82. The fourth-order valence-corrected chi connectivity index (χ4v) is 2.60. The predicted octanol–water partition coefficient (Wildman–Crippen LogP) is 5.39. The highest BCUT2D eigenvalue weighted by Crippen LogP contribution is 2.27. The zero-order chi connectivity index (χ0) is 18.5. The topological polar surface area (TPSA) is 63.2 Å². The van der Waals surface area contributed by atoms with Gasteiger partial charge in [0.2, 0.25) is 0 Å². The van der Waals surface area contributed by atoms with Crippen LogP contribution in [-0.4, -0.2) is 18.0 Å². The molecule has 132 valence electrons. The number of ether oxygens (including phenoxy) is 1. The lowest BCUT2D eigenvalue weighted by atomic mass is 10.2. The number of carbonyl (C=O) groups is 1. The number of amides is 1. The molecule has 0 aliphatic heterocycles. The van der Waals surface area contributed by atoms with Crippen LogP contribution >= 0.6 is 23.2 Å². The molecule has 0 saturated heterocycles. The van der Waals surface area contributed by atoms with E-state index in [1.807, 2.05) is 12.1 Å². The number of carbonyl (C=O) groups excluding carboxylic acids is 1. The maximum absolute atomic E-state index is 12.5. The van der Waals surface area contributed by atoms with Gasteiger partial charge in [-0.3, -0.25) is 4.79 Å². The quantitative estimate of drug-likeness (QED) is 0.615. The van der Waals surface area contributed by atoms with Gasteiger partial charge in [0.05, 0.1) is 22.8 Å². The molecule has 1 heterocycles. The van der Waals surface area contributed by atoms with Crippen molar-refractivity contribution in [2.75, 3.05) is 17.7 Å². The van der Waals surface area contributed by atoms with Crippen LogP contribution in [0.5, 0.6) is 5.75 Å². The van der Waals surface area contributed by atoms with Crippen molar-refractivity contribution >= 4 is 46.3 Å². The number of aromatic nitrogens is 1. The Morgan fingerprint density at radius 2 is 1.85 bits per heavy atom. The molecule has 0 spiro atoms. The third-order valence-corrected chi connectivity index (χ3v) is 4.31. The van der Waals surface area contributed by atoms with Gasteiger partial charge in [-0.15, -0.1) is 0 Å². The summed E-state index contributed by atoms with van der Waals surface area (Å²) in [6, 6.07) is 15.6. The van der Waals surface area contributed by atoms with Crippen LogP contribution in [-0.2, 0) is 0 Å². The number of para-hydroxylation sites is 2. The minimum atomic E-state index is -0.269. The minimum absolute atomic E-state index is 0.269. The van der Waals surface area contributed by atoms with Crippen molar-refractivity contribution in [3.8, 4) is 5.75 Å². The van der Waals surface area contributed by atoms with Crippen molar-refractivity contribution in [3.05, 3.63) is 76.4 Å². The second kappa shape index (κ2) is 8.08. The predicted molar refractivity (Wildman–Crippen MR) is 105 cm³/mol. The molecule has 0 aliphatic carbocycles. The summed E-state index contributed by atoms with van der Waals surface area (Å²) in [6.45, 7) is 0. The summed E-state index contributed by atoms with van der Waals surface area (Å²) >= 11 is 11.9. The second-order valence-electron chi connectivity index (χ2n) is 5.34. The monoisotopic (exact) mass is 387 g/mol. The number of halogens is 2. The first-order valence-electron chi connectivity index (χ1n) is 7.69. The molecular weight excluding hydrogens is 373 g/mol. The summed E-state index contributed by atoms with van der Waals surface area (Å²) in [5.74, 6) is 0.828. The highest BCUT2D eigenvalue weighted by atomic mass is 35.5. The van der Waals surface area contributed by atoms with Gasteiger partial charge in [0, 0.05) is 17.4 Å². The molecule has 7 heteroatoms. The summed E-state index contributed by atoms with van der Waals surface area (Å²) in [4.78, 5) is 16.7. The van der Waals surface area contributed by atoms with Gasteiger partial charge in [-0.2, -0.15) is 0 Å². The largest absolute Gasteiger partial charge is 0.495 e. The number of methoxy groups -OCH3 is 1. The van der Waals surface area contributed by atoms with E-state index in [1.165, 1.54) is 0 Å². The van der Waals surface area contributed by atoms with Crippen molar-refractivity contribution in [1.29, 1.82) is 0 Å². The summed E-state index contributed by atoms with van der Waals surface area (Å²) in [7, 11) is 1.55. The molecule has 0 aliphatic rings. The molecule has 1 aromatic heterocycles. The van der Waals surface area contributed by atoms with Crippen molar-refractivity contribution in [3.63, 3.8) is 0 Å². The fraction of sp³-hybridized carbons (Fsp3) is 0.0526. The Balaban J connectivity index is 1.78. The molecule has 26 heavy (non-hydrogen) atoms. The van der Waals surface area contributed by atoms with E-state index in [2.05, 4.69) is 15.6 Å². The van der Waals surface area contributed by atoms with Gasteiger partial charge in [0.15, 0.2) is 0 Å². The fourth-order valence-electron chi connectivity index (χ4n) is 2.30. The lowest BCUT2D eigenvalue weighted by Crippen LogP contribution is -2.13. The first-order chi connectivity index (χ1) is 12.6. The Morgan fingerprint density at radius 3 is 2.62 bits per heavy atom. The molecule has 0 fully saturated rings. The summed E-state index contributed by atoms with van der Waals surface area (Å²) < 4.78 is 5.24. The van der Waals surface area contributed by atoms with Crippen molar-refractivity contribution in [1.82, 2.24) is 4.98 Å². The van der Waals surface area contributed by atoms with Gasteiger partial charge in [0.1, 0.15) is 11.6 Å². The number of rotatable bonds is 5. The second-order valence-corrected chi connectivity index (χ2v) is 6.15. The maximum atomic E-state index is 12.5. The molecule has 1 amide bonds. The Kier molecular flexibility index (Phi) is 5.61. The Bertz CT molecular complexity index is 948. The molecule has 3 rings (SSSR count). The Labute approximate surface area is 160 Å². The van der Waals surface area contributed by atoms with E-state index in [0.29, 0.717) is 38.6 Å². The number of hydrogen-bond acceptors (Lipinski definition) is 4. The van der Waals surface area contributed by atoms with Gasteiger partial charge >= 0.3 is 0 Å². The van der Waals surface area contributed by atoms with Gasteiger partial charge in [-0.1, -0.05) is 35.3 Å².